The Hall–Kier alpha value is -3.07. The molecule has 0 fully saturated rings. The van der Waals surface area contributed by atoms with Crippen LogP contribution in [0.1, 0.15) is 55.6 Å². The first-order chi connectivity index (χ1) is 15.5. The summed E-state index contributed by atoms with van der Waals surface area (Å²) in [5, 5.41) is 0. The number of hydrogen-bond acceptors (Lipinski definition) is 2. The molecule has 4 aromatic rings. The normalized spacial score (nSPS) is 12.4. The van der Waals surface area contributed by atoms with E-state index >= 15 is 0 Å². The highest BCUT2D eigenvalue weighted by molar-refractivity contribution is 5.76. The van der Waals surface area contributed by atoms with Gasteiger partial charge in [-0.1, -0.05) is 69.3 Å². The predicted molar refractivity (Wildman–Crippen MR) is 134 cm³/mol. The lowest BCUT2D eigenvalue weighted by Gasteiger charge is -2.16. The molecule has 0 saturated carbocycles. The van der Waals surface area contributed by atoms with Gasteiger partial charge in [0.15, 0.2) is 0 Å². The molecule has 1 atom stereocenters. The number of aryl methyl sites for hydroxylation is 2. The molecule has 3 aromatic carbocycles. The lowest BCUT2D eigenvalue weighted by Crippen LogP contribution is -2.11. The fourth-order valence-electron chi connectivity index (χ4n) is 4.34. The maximum absolute atomic E-state index is 5.99. The Morgan fingerprint density at radius 2 is 1.69 bits per heavy atom. The van der Waals surface area contributed by atoms with Crippen LogP contribution in [0.25, 0.3) is 11.0 Å². The van der Waals surface area contributed by atoms with Crippen LogP contribution >= 0.6 is 0 Å². The van der Waals surface area contributed by atoms with Gasteiger partial charge < -0.3 is 9.30 Å². The average Bonchev–Trinajstić information content (AvgIpc) is 3.15. The maximum atomic E-state index is 5.99. The van der Waals surface area contributed by atoms with Crippen molar-refractivity contribution in [2.24, 2.45) is 5.92 Å². The van der Waals surface area contributed by atoms with E-state index in [2.05, 4.69) is 92.9 Å². The molecular formula is C29H34N2O. The summed E-state index contributed by atoms with van der Waals surface area (Å²) < 4.78 is 8.37. The van der Waals surface area contributed by atoms with E-state index in [1.54, 1.807) is 0 Å². The fourth-order valence-corrected chi connectivity index (χ4v) is 4.34. The summed E-state index contributed by atoms with van der Waals surface area (Å²) in [5.74, 6) is 2.96. The molecule has 32 heavy (non-hydrogen) atoms. The van der Waals surface area contributed by atoms with Crippen LogP contribution in [0.15, 0.2) is 72.8 Å². The lowest BCUT2D eigenvalue weighted by atomic mass is 9.96. The second-order valence-electron chi connectivity index (χ2n) is 9.19. The van der Waals surface area contributed by atoms with Crippen LogP contribution in [0.5, 0.6) is 5.75 Å². The summed E-state index contributed by atoms with van der Waals surface area (Å²) >= 11 is 0. The molecule has 1 heterocycles. The molecule has 4 rings (SSSR count). The molecule has 0 spiro atoms. The van der Waals surface area contributed by atoms with E-state index in [9.17, 15) is 0 Å². The zero-order valence-electron chi connectivity index (χ0n) is 19.7. The number of aromatic nitrogens is 2. The molecule has 0 amide bonds. The Morgan fingerprint density at radius 3 is 2.44 bits per heavy atom. The Kier molecular flexibility index (Phi) is 6.94. The number of imidazole rings is 1. The third kappa shape index (κ3) is 5.21. The summed E-state index contributed by atoms with van der Waals surface area (Å²) in [7, 11) is 0. The summed E-state index contributed by atoms with van der Waals surface area (Å²) in [5.41, 5.74) is 6.19. The Labute approximate surface area is 192 Å². The van der Waals surface area contributed by atoms with E-state index in [0.717, 1.165) is 36.5 Å². The second-order valence-corrected chi connectivity index (χ2v) is 9.19. The number of hydrogen-bond donors (Lipinski definition) is 0. The van der Waals surface area contributed by atoms with Crippen molar-refractivity contribution in [3.8, 4) is 5.75 Å². The molecule has 0 aliphatic carbocycles. The SMILES string of the molecule is Cc1cccc(OCCCn2c(C(C)c3ccc(CC(C)C)cc3)nc3ccccc32)c1. The van der Waals surface area contributed by atoms with Crippen molar-refractivity contribution in [3.05, 3.63) is 95.3 Å². The van der Waals surface area contributed by atoms with E-state index in [1.807, 2.05) is 12.1 Å². The third-order valence-corrected chi connectivity index (χ3v) is 5.98. The van der Waals surface area contributed by atoms with Crippen LogP contribution in [0.3, 0.4) is 0 Å². The van der Waals surface area contributed by atoms with Gasteiger partial charge in [0, 0.05) is 12.5 Å². The molecule has 0 N–H and O–H groups in total. The standard InChI is InChI=1S/C29H34N2O/c1-21(2)19-24-13-15-25(16-14-24)23(4)29-30-27-11-5-6-12-28(27)31(29)17-8-18-32-26-10-7-9-22(3)20-26/h5-7,9-16,20-21,23H,8,17-19H2,1-4H3. The van der Waals surface area contributed by atoms with Gasteiger partial charge in [-0.3, -0.25) is 0 Å². The summed E-state index contributed by atoms with van der Waals surface area (Å²) in [6, 6.07) is 25.8. The number of nitrogens with zero attached hydrogens (tertiary/aromatic N) is 2. The van der Waals surface area contributed by atoms with Crippen LogP contribution in [0.2, 0.25) is 0 Å². The minimum Gasteiger partial charge on any atom is -0.494 e. The van der Waals surface area contributed by atoms with E-state index in [-0.39, 0.29) is 5.92 Å². The molecular weight excluding hydrogens is 392 g/mol. The monoisotopic (exact) mass is 426 g/mol. The van der Waals surface area contributed by atoms with Crippen LogP contribution in [-0.4, -0.2) is 16.2 Å². The number of benzene rings is 3. The van der Waals surface area contributed by atoms with Crippen LogP contribution < -0.4 is 4.74 Å². The maximum Gasteiger partial charge on any atom is 0.119 e. The van der Waals surface area contributed by atoms with E-state index < -0.39 is 0 Å². The van der Waals surface area contributed by atoms with Gasteiger partial charge in [0.05, 0.1) is 17.6 Å². The van der Waals surface area contributed by atoms with Crippen molar-refractivity contribution < 1.29 is 4.74 Å². The van der Waals surface area contributed by atoms with Crippen molar-refractivity contribution in [3.63, 3.8) is 0 Å². The third-order valence-electron chi connectivity index (χ3n) is 5.98. The highest BCUT2D eigenvalue weighted by Crippen LogP contribution is 2.28. The Morgan fingerprint density at radius 1 is 0.906 bits per heavy atom. The molecule has 0 aliphatic rings. The zero-order valence-corrected chi connectivity index (χ0v) is 19.7. The van der Waals surface area contributed by atoms with Gasteiger partial charge in [-0.15, -0.1) is 0 Å². The molecule has 3 heteroatoms. The van der Waals surface area contributed by atoms with E-state index in [4.69, 9.17) is 9.72 Å². The highest BCUT2D eigenvalue weighted by atomic mass is 16.5. The molecule has 1 aromatic heterocycles. The summed E-state index contributed by atoms with van der Waals surface area (Å²) in [6.45, 7) is 10.5. The van der Waals surface area contributed by atoms with Crippen molar-refractivity contribution in [2.45, 2.75) is 53.0 Å². The van der Waals surface area contributed by atoms with Gasteiger partial charge in [-0.25, -0.2) is 4.98 Å². The van der Waals surface area contributed by atoms with Crippen LogP contribution in [-0.2, 0) is 13.0 Å². The van der Waals surface area contributed by atoms with Crippen LogP contribution in [0, 0.1) is 12.8 Å². The molecule has 1 unspecified atom stereocenters. The molecule has 0 aliphatic heterocycles. The predicted octanol–water partition coefficient (Wildman–Crippen LogP) is 7.16. The smallest absolute Gasteiger partial charge is 0.119 e. The van der Waals surface area contributed by atoms with Crippen molar-refractivity contribution in [2.75, 3.05) is 6.61 Å². The fraction of sp³-hybridized carbons (Fsp3) is 0.345. The number of fused-ring (bicyclic) bond motifs is 1. The van der Waals surface area contributed by atoms with Gasteiger partial charge in [0.1, 0.15) is 11.6 Å². The van der Waals surface area contributed by atoms with Gasteiger partial charge in [0.2, 0.25) is 0 Å². The minimum atomic E-state index is 0.230. The van der Waals surface area contributed by atoms with Crippen molar-refractivity contribution >= 4 is 11.0 Å². The first-order valence-electron chi connectivity index (χ1n) is 11.7. The van der Waals surface area contributed by atoms with Gasteiger partial charge in [-0.05, 0) is 66.6 Å². The number of rotatable bonds is 9. The van der Waals surface area contributed by atoms with Crippen LogP contribution in [0.4, 0.5) is 0 Å². The lowest BCUT2D eigenvalue weighted by molar-refractivity contribution is 0.301. The zero-order chi connectivity index (χ0) is 22.5. The van der Waals surface area contributed by atoms with Crippen molar-refractivity contribution in [1.82, 2.24) is 9.55 Å². The Bertz CT molecular complexity index is 1160. The largest absolute Gasteiger partial charge is 0.494 e. The minimum absolute atomic E-state index is 0.230. The molecule has 0 radical (unpaired) electrons. The first-order valence-corrected chi connectivity index (χ1v) is 11.7. The Balaban J connectivity index is 1.51. The second kappa shape index (κ2) is 10.0. The number of para-hydroxylation sites is 2. The van der Waals surface area contributed by atoms with Crippen molar-refractivity contribution in [1.29, 1.82) is 0 Å². The highest BCUT2D eigenvalue weighted by Gasteiger charge is 2.18. The molecule has 0 bridgehead atoms. The molecule has 3 nitrogen and oxygen atoms in total. The topological polar surface area (TPSA) is 27.1 Å². The molecule has 0 saturated heterocycles. The van der Waals surface area contributed by atoms with Gasteiger partial charge in [-0.2, -0.15) is 0 Å². The van der Waals surface area contributed by atoms with E-state index in [1.165, 1.54) is 22.2 Å². The van der Waals surface area contributed by atoms with Gasteiger partial charge >= 0.3 is 0 Å². The average molecular weight is 427 g/mol. The summed E-state index contributed by atoms with van der Waals surface area (Å²) in [4.78, 5) is 5.03. The number of ether oxygens (including phenoxy) is 1. The quantitative estimate of drug-likeness (QED) is 0.265. The van der Waals surface area contributed by atoms with E-state index in [0.29, 0.717) is 12.5 Å². The van der Waals surface area contributed by atoms with Gasteiger partial charge in [0.25, 0.3) is 0 Å². The first kappa shape index (κ1) is 22.1. The summed E-state index contributed by atoms with van der Waals surface area (Å²) in [6.07, 6.45) is 2.05. The molecule has 166 valence electrons.